The van der Waals surface area contributed by atoms with Gasteiger partial charge in [-0.25, -0.2) is 15.0 Å². The van der Waals surface area contributed by atoms with E-state index in [1.54, 1.807) is 13.8 Å². The molecule has 0 unspecified atom stereocenters. The van der Waals surface area contributed by atoms with Crippen molar-refractivity contribution < 1.29 is 4.79 Å². The number of fused-ring (bicyclic) bond motifs is 3. The number of anilines is 1. The Labute approximate surface area is 117 Å². The molecule has 104 valence electrons. The van der Waals surface area contributed by atoms with Gasteiger partial charge in [-0.05, 0) is 30.9 Å². The minimum absolute atomic E-state index is 0.107. The number of nitrogens with two attached hydrogens (primary N) is 1. The zero-order chi connectivity index (χ0) is 14.3. The Morgan fingerprint density at radius 2 is 2.05 bits per heavy atom. The zero-order valence-electron chi connectivity index (χ0n) is 11.7. The van der Waals surface area contributed by atoms with Crippen molar-refractivity contribution in [3.8, 4) is 0 Å². The Hall–Kier alpha value is -2.24. The van der Waals surface area contributed by atoms with Crippen molar-refractivity contribution >= 4 is 22.8 Å². The van der Waals surface area contributed by atoms with Crippen LogP contribution in [0.2, 0.25) is 0 Å². The Morgan fingerprint density at radius 3 is 2.80 bits per heavy atom. The molecule has 3 heterocycles. The molecule has 2 N–H and O–H groups in total. The van der Waals surface area contributed by atoms with E-state index in [2.05, 4.69) is 15.0 Å². The fourth-order valence-corrected chi connectivity index (χ4v) is 2.77. The predicted molar refractivity (Wildman–Crippen MR) is 76.1 cm³/mol. The van der Waals surface area contributed by atoms with Crippen molar-refractivity contribution in [2.45, 2.75) is 26.7 Å². The fourth-order valence-electron chi connectivity index (χ4n) is 2.77. The highest BCUT2D eigenvalue weighted by molar-refractivity contribution is 5.89. The molecule has 6 nitrogen and oxygen atoms in total. The standard InChI is InChI=1S/C14H17N5O/c1-8-17-13(15)12-11-4-6-19(9(2)20)5-3-10(11)7-16-14(12)18-8/h7H,3-6H2,1-2H3,(H2,15,16,17,18). The monoisotopic (exact) mass is 271 g/mol. The maximum Gasteiger partial charge on any atom is 0.219 e. The second-order valence-corrected chi connectivity index (χ2v) is 5.12. The van der Waals surface area contributed by atoms with Crippen LogP contribution in [0.5, 0.6) is 0 Å². The third-order valence-electron chi connectivity index (χ3n) is 3.79. The van der Waals surface area contributed by atoms with E-state index in [0.29, 0.717) is 23.8 Å². The number of nitrogens with zero attached hydrogens (tertiary/aromatic N) is 4. The second kappa shape index (κ2) is 4.70. The molecule has 2 aromatic heterocycles. The lowest BCUT2D eigenvalue weighted by Gasteiger charge is -2.17. The summed E-state index contributed by atoms with van der Waals surface area (Å²) in [6.45, 7) is 4.84. The Bertz CT molecular complexity index is 698. The van der Waals surface area contributed by atoms with Crippen LogP contribution in [-0.2, 0) is 17.6 Å². The number of carbonyl (C=O) groups is 1. The minimum Gasteiger partial charge on any atom is -0.383 e. The van der Waals surface area contributed by atoms with Crippen LogP contribution in [0.3, 0.4) is 0 Å². The van der Waals surface area contributed by atoms with E-state index in [1.807, 2.05) is 11.1 Å². The minimum atomic E-state index is 0.107. The van der Waals surface area contributed by atoms with Gasteiger partial charge in [-0.2, -0.15) is 0 Å². The van der Waals surface area contributed by atoms with Gasteiger partial charge in [-0.15, -0.1) is 0 Å². The molecule has 0 radical (unpaired) electrons. The third kappa shape index (κ3) is 2.07. The molecule has 0 spiro atoms. The Kier molecular flexibility index (Phi) is 3.00. The number of rotatable bonds is 0. The Morgan fingerprint density at radius 1 is 1.30 bits per heavy atom. The molecule has 2 aromatic rings. The maximum atomic E-state index is 11.5. The molecule has 0 bridgehead atoms. The van der Waals surface area contributed by atoms with Crippen LogP contribution >= 0.6 is 0 Å². The summed E-state index contributed by atoms with van der Waals surface area (Å²) in [5, 5.41) is 0.846. The molecule has 20 heavy (non-hydrogen) atoms. The first-order valence-electron chi connectivity index (χ1n) is 6.72. The van der Waals surface area contributed by atoms with Gasteiger partial charge in [-0.1, -0.05) is 0 Å². The van der Waals surface area contributed by atoms with Crippen LogP contribution in [-0.4, -0.2) is 38.8 Å². The highest BCUT2D eigenvalue weighted by Gasteiger charge is 2.20. The van der Waals surface area contributed by atoms with Gasteiger partial charge in [0.1, 0.15) is 11.6 Å². The number of hydrogen-bond acceptors (Lipinski definition) is 5. The molecule has 1 aliphatic heterocycles. The van der Waals surface area contributed by atoms with Gasteiger partial charge in [0.2, 0.25) is 5.91 Å². The summed E-state index contributed by atoms with van der Waals surface area (Å²) in [4.78, 5) is 26.4. The SMILES string of the molecule is CC(=O)N1CCc2cnc3nc(C)nc(N)c3c2CC1. The van der Waals surface area contributed by atoms with E-state index in [-0.39, 0.29) is 5.91 Å². The molecular weight excluding hydrogens is 254 g/mol. The van der Waals surface area contributed by atoms with Gasteiger partial charge in [0.15, 0.2) is 5.65 Å². The van der Waals surface area contributed by atoms with Gasteiger partial charge in [0, 0.05) is 26.2 Å². The van der Waals surface area contributed by atoms with Crippen LogP contribution < -0.4 is 5.73 Å². The van der Waals surface area contributed by atoms with Crippen molar-refractivity contribution in [2.75, 3.05) is 18.8 Å². The van der Waals surface area contributed by atoms with Crippen LogP contribution in [0, 0.1) is 6.92 Å². The lowest BCUT2D eigenvalue weighted by atomic mass is 10.0. The van der Waals surface area contributed by atoms with Crippen LogP contribution in [0.25, 0.3) is 11.0 Å². The van der Waals surface area contributed by atoms with Crippen LogP contribution in [0.15, 0.2) is 6.20 Å². The highest BCUT2D eigenvalue weighted by atomic mass is 16.2. The zero-order valence-corrected chi connectivity index (χ0v) is 11.7. The highest BCUT2D eigenvalue weighted by Crippen LogP contribution is 2.26. The van der Waals surface area contributed by atoms with E-state index in [0.717, 1.165) is 35.9 Å². The molecule has 1 amide bonds. The van der Waals surface area contributed by atoms with Gasteiger partial charge in [0.25, 0.3) is 0 Å². The largest absolute Gasteiger partial charge is 0.383 e. The molecule has 3 rings (SSSR count). The van der Waals surface area contributed by atoms with Crippen molar-refractivity contribution in [1.82, 2.24) is 19.9 Å². The normalized spacial score (nSPS) is 15.0. The molecule has 0 atom stereocenters. The molecule has 0 aliphatic carbocycles. The molecule has 0 fully saturated rings. The van der Waals surface area contributed by atoms with Crippen molar-refractivity contribution in [3.05, 3.63) is 23.1 Å². The molecule has 1 aliphatic rings. The summed E-state index contributed by atoms with van der Waals surface area (Å²) in [6, 6.07) is 0. The van der Waals surface area contributed by atoms with Gasteiger partial charge >= 0.3 is 0 Å². The van der Waals surface area contributed by atoms with E-state index < -0.39 is 0 Å². The topological polar surface area (TPSA) is 85.0 Å². The van der Waals surface area contributed by atoms with Gasteiger partial charge < -0.3 is 10.6 Å². The van der Waals surface area contributed by atoms with E-state index in [4.69, 9.17) is 5.73 Å². The first-order chi connectivity index (χ1) is 9.56. The smallest absolute Gasteiger partial charge is 0.219 e. The third-order valence-corrected chi connectivity index (χ3v) is 3.79. The summed E-state index contributed by atoms with van der Waals surface area (Å²) < 4.78 is 0. The lowest BCUT2D eigenvalue weighted by Crippen LogP contribution is -2.30. The number of aryl methyl sites for hydroxylation is 1. The van der Waals surface area contributed by atoms with E-state index in [1.165, 1.54) is 0 Å². The first kappa shape index (κ1) is 12.8. The molecule has 0 saturated heterocycles. The average Bonchev–Trinajstić information content (AvgIpc) is 2.60. The average molecular weight is 271 g/mol. The number of nitrogen functional groups attached to an aromatic ring is 1. The number of hydrogen-bond donors (Lipinski definition) is 1. The first-order valence-corrected chi connectivity index (χ1v) is 6.72. The summed E-state index contributed by atoms with van der Waals surface area (Å²) in [7, 11) is 0. The summed E-state index contributed by atoms with van der Waals surface area (Å²) >= 11 is 0. The molecule has 0 aromatic carbocycles. The number of carbonyl (C=O) groups excluding carboxylic acids is 1. The van der Waals surface area contributed by atoms with E-state index in [9.17, 15) is 4.79 Å². The van der Waals surface area contributed by atoms with Gasteiger partial charge in [0.05, 0.1) is 5.39 Å². The fraction of sp³-hybridized carbons (Fsp3) is 0.429. The number of pyridine rings is 1. The summed E-state index contributed by atoms with van der Waals surface area (Å²) in [6.07, 6.45) is 3.42. The van der Waals surface area contributed by atoms with Gasteiger partial charge in [-0.3, -0.25) is 4.79 Å². The maximum absolute atomic E-state index is 11.5. The quantitative estimate of drug-likeness (QED) is 0.768. The van der Waals surface area contributed by atoms with Crippen molar-refractivity contribution in [3.63, 3.8) is 0 Å². The number of aromatic nitrogens is 3. The predicted octanol–water partition coefficient (Wildman–Crippen LogP) is 0.863. The lowest BCUT2D eigenvalue weighted by molar-refractivity contribution is -0.128. The van der Waals surface area contributed by atoms with E-state index >= 15 is 0 Å². The van der Waals surface area contributed by atoms with Crippen LogP contribution in [0.4, 0.5) is 5.82 Å². The second-order valence-electron chi connectivity index (χ2n) is 5.12. The van der Waals surface area contributed by atoms with Crippen molar-refractivity contribution in [2.24, 2.45) is 0 Å². The summed E-state index contributed by atoms with van der Waals surface area (Å²) in [5.41, 5.74) is 8.97. The number of amides is 1. The molecule has 0 saturated carbocycles. The molecular formula is C14H17N5O. The van der Waals surface area contributed by atoms with Crippen molar-refractivity contribution in [1.29, 1.82) is 0 Å². The van der Waals surface area contributed by atoms with Crippen LogP contribution in [0.1, 0.15) is 23.9 Å². The Balaban J connectivity index is 2.13. The summed E-state index contributed by atoms with van der Waals surface area (Å²) in [5.74, 6) is 1.21. The molecule has 6 heteroatoms.